The highest BCUT2D eigenvalue weighted by Gasteiger charge is 2.27. The van der Waals surface area contributed by atoms with E-state index in [1.807, 2.05) is 18.2 Å². The lowest BCUT2D eigenvalue weighted by Gasteiger charge is -2.20. The Balaban J connectivity index is 4.05. The summed E-state index contributed by atoms with van der Waals surface area (Å²) in [6, 6.07) is 0. The van der Waals surface area contributed by atoms with Crippen molar-refractivity contribution < 1.29 is 47.8 Å². The molecule has 0 aliphatic carbocycles. The maximum atomic E-state index is 12.4. The van der Waals surface area contributed by atoms with Gasteiger partial charge in [0, 0.05) is 12.8 Å². The Labute approximate surface area is 369 Å². The maximum Gasteiger partial charge on any atom is 0.472 e. The van der Waals surface area contributed by atoms with Crippen molar-refractivity contribution in [2.45, 2.75) is 167 Å². The topological polar surface area (TPSA) is 149 Å². The van der Waals surface area contributed by atoms with Crippen LogP contribution in [0, 0.1) is 0 Å². The van der Waals surface area contributed by atoms with Gasteiger partial charge in [-0.2, -0.15) is 0 Å². The van der Waals surface area contributed by atoms with E-state index in [1.54, 1.807) is 0 Å². The summed E-state index contributed by atoms with van der Waals surface area (Å²) < 4.78 is 32.5. The number of aliphatic hydroxyl groups excluding tert-OH is 2. The van der Waals surface area contributed by atoms with E-state index in [4.69, 9.17) is 18.5 Å². The van der Waals surface area contributed by atoms with E-state index in [0.29, 0.717) is 12.8 Å². The fourth-order valence-electron chi connectivity index (χ4n) is 5.50. The lowest BCUT2D eigenvalue weighted by Crippen LogP contribution is -2.28. The van der Waals surface area contributed by atoms with Crippen molar-refractivity contribution >= 4 is 19.8 Å². The van der Waals surface area contributed by atoms with Crippen LogP contribution in [-0.2, 0) is 32.7 Å². The molecule has 0 aromatic carbocycles. The molecule has 61 heavy (non-hydrogen) atoms. The standard InChI is InChI=1S/C50H81O10P/c1-3-5-7-9-11-13-15-17-19-21-23-25-27-29-31-33-35-37-39-41-49(53)59-47(43-51)45-57-61(55,56)58-46-48(44-52)60-50(54)42-40-38-36-34-32-30-28-26-24-22-20-18-16-14-12-10-8-6-4-2/h5,7,11-14,17-20,23-26,29,31,35,37,47-48,51-52H,3-4,6,8-10,15-16,21-22,27-28,30,32-34,36,38-46H2,1-2H3,(H,55,56)/b7-5-,13-11-,14-12-,19-17-,20-18-,25-23-,26-24-,31-29-,37-35-. The summed E-state index contributed by atoms with van der Waals surface area (Å²) in [7, 11) is -4.67. The first-order valence-corrected chi connectivity index (χ1v) is 24.3. The van der Waals surface area contributed by atoms with Crippen molar-refractivity contribution in [1.29, 1.82) is 0 Å². The quantitative estimate of drug-likeness (QED) is 0.0235. The van der Waals surface area contributed by atoms with Crippen LogP contribution in [0.1, 0.15) is 155 Å². The van der Waals surface area contributed by atoms with Gasteiger partial charge in [-0.05, 0) is 89.9 Å². The highest BCUT2D eigenvalue weighted by molar-refractivity contribution is 7.47. The van der Waals surface area contributed by atoms with Gasteiger partial charge in [0.05, 0.1) is 26.4 Å². The second kappa shape index (κ2) is 44.7. The first kappa shape index (κ1) is 57.6. The molecule has 0 aromatic heterocycles. The summed E-state index contributed by atoms with van der Waals surface area (Å²) >= 11 is 0. The Bertz CT molecular complexity index is 1370. The molecule has 0 spiro atoms. The molecule has 0 rings (SSSR count). The van der Waals surface area contributed by atoms with Crippen molar-refractivity contribution in [3.63, 3.8) is 0 Å². The van der Waals surface area contributed by atoms with Crippen LogP contribution in [0.25, 0.3) is 0 Å². The second-order valence-corrected chi connectivity index (χ2v) is 16.1. The highest BCUT2D eigenvalue weighted by Crippen LogP contribution is 2.43. The summed E-state index contributed by atoms with van der Waals surface area (Å²) in [5.74, 6) is -1.13. The van der Waals surface area contributed by atoms with Crippen LogP contribution in [0.4, 0.5) is 0 Å². The number of allylic oxidation sites excluding steroid dienone is 18. The minimum atomic E-state index is -4.67. The predicted molar refractivity (Wildman–Crippen MR) is 251 cm³/mol. The van der Waals surface area contributed by atoms with Crippen LogP contribution in [0.15, 0.2) is 109 Å². The molecule has 0 radical (unpaired) electrons. The van der Waals surface area contributed by atoms with E-state index >= 15 is 0 Å². The number of rotatable bonds is 41. The van der Waals surface area contributed by atoms with E-state index < -0.39 is 58.4 Å². The molecule has 3 unspecified atom stereocenters. The van der Waals surface area contributed by atoms with Crippen molar-refractivity contribution in [2.75, 3.05) is 26.4 Å². The number of unbranched alkanes of at least 4 members (excludes halogenated alkanes) is 9. The fraction of sp³-hybridized carbons (Fsp3) is 0.600. The number of phosphoric acid groups is 1. The van der Waals surface area contributed by atoms with Crippen LogP contribution < -0.4 is 0 Å². The van der Waals surface area contributed by atoms with Gasteiger partial charge in [0.1, 0.15) is 12.2 Å². The minimum absolute atomic E-state index is 0.0594. The van der Waals surface area contributed by atoms with Crippen molar-refractivity contribution in [3.8, 4) is 0 Å². The zero-order chi connectivity index (χ0) is 44.8. The Morgan fingerprint density at radius 3 is 1.21 bits per heavy atom. The van der Waals surface area contributed by atoms with Crippen molar-refractivity contribution in [1.82, 2.24) is 0 Å². The number of ether oxygens (including phenoxy) is 2. The van der Waals surface area contributed by atoms with Crippen LogP contribution >= 0.6 is 7.82 Å². The molecule has 0 aliphatic rings. The average molecular weight is 873 g/mol. The van der Waals surface area contributed by atoms with E-state index in [9.17, 15) is 29.3 Å². The lowest BCUT2D eigenvalue weighted by atomic mass is 10.1. The fourth-order valence-corrected chi connectivity index (χ4v) is 6.28. The third-order valence-corrected chi connectivity index (χ3v) is 9.93. The lowest BCUT2D eigenvalue weighted by molar-refractivity contribution is -0.153. The molecule has 11 heteroatoms. The van der Waals surface area contributed by atoms with E-state index in [-0.39, 0.29) is 12.8 Å². The minimum Gasteiger partial charge on any atom is -0.457 e. The molecule has 0 saturated heterocycles. The maximum absolute atomic E-state index is 12.4. The summed E-state index contributed by atoms with van der Waals surface area (Å²) in [5.41, 5.74) is 0. The SMILES string of the molecule is CC/C=C\C/C=C\C/C=C\C/C=C\C/C=C\C/C=C\CCC(=O)OC(CO)COP(=O)(O)OCC(CO)OC(=O)CCCCCCCC/C=C\C/C=C\C/C=C\CCCCC. The summed E-state index contributed by atoms with van der Waals surface area (Å²) in [4.78, 5) is 34.5. The largest absolute Gasteiger partial charge is 0.472 e. The van der Waals surface area contributed by atoms with Crippen LogP contribution in [-0.4, -0.2) is 65.7 Å². The molecule has 0 fully saturated rings. The first-order valence-electron chi connectivity index (χ1n) is 22.8. The highest BCUT2D eigenvalue weighted by atomic mass is 31.2. The van der Waals surface area contributed by atoms with Crippen LogP contribution in [0.3, 0.4) is 0 Å². The van der Waals surface area contributed by atoms with E-state index in [2.05, 4.69) is 105 Å². The normalized spacial score (nSPS) is 14.8. The Morgan fingerprint density at radius 1 is 0.459 bits per heavy atom. The molecule has 0 amide bonds. The molecule has 10 nitrogen and oxygen atoms in total. The zero-order valence-corrected chi connectivity index (χ0v) is 38.5. The molecule has 0 aliphatic heterocycles. The van der Waals surface area contributed by atoms with Crippen LogP contribution in [0.2, 0.25) is 0 Å². The molecular weight excluding hydrogens is 792 g/mol. The average Bonchev–Trinajstić information content (AvgIpc) is 3.25. The number of hydrogen-bond donors (Lipinski definition) is 3. The van der Waals surface area contributed by atoms with Crippen LogP contribution in [0.5, 0.6) is 0 Å². The van der Waals surface area contributed by atoms with E-state index in [0.717, 1.165) is 89.9 Å². The number of esters is 2. The number of carbonyl (C=O) groups is 2. The number of phosphoric ester groups is 1. The smallest absolute Gasteiger partial charge is 0.457 e. The van der Waals surface area contributed by atoms with Gasteiger partial charge in [-0.1, -0.05) is 162 Å². The van der Waals surface area contributed by atoms with Gasteiger partial charge in [0.25, 0.3) is 0 Å². The third-order valence-electron chi connectivity index (χ3n) is 8.98. The Kier molecular flexibility index (Phi) is 42.2. The van der Waals surface area contributed by atoms with Gasteiger partial charge in [0.15, 0.2) is 0 Å². The van der Waals surface area contributed by atoms with Gasteiger partial charge >= 0.3 is 19.8 Å². The second-order valence-electron chi connectivity index (χ2n) is 14.6. The molecule has 3 atom stereocenters. The molecule has 3 N–H and O–H groups in total. The van der Waals surface area contributed by atoms with Crippen molar-refractivity contribution in [2.24, 2.45) is 0 Å². The van der Waals surface area contributed by atoms with E-state index in [1.165, 1.54) is 25.7 Å². The van der Waals surface area contributed by atoms with Gasteiger partial charge < -0.3 is 24.6 Å². The number of aliphatic hydroxyl groups is 2. The zero-order valence-electron chi connectivity index (χ0n) is 37.6. The summed E-state index contributed by atoms with van der Waals surface area (Å²) in [6.07, 6.45) is 56.4. The molecule has 346 valence electrons. The summed E-state index contributed by atoms with van der Waals surface area (Å²) in [5, 5.41) is 19.2. The molecular formula is C50H81O10P. The Hall–Kier alpha value is -3.37. The van der Waals surface area contributed by atoms with Gasteiger partial charge in [-0.15, -0.1) is 0 Å². The van der Waals surface area contributed by atoms with Crippen molar-refractivity contribution in [3.05, 3.63) is 109 Å². The monoisotopic (exact) mass is 873 g/mol. The number of hydrogen-bond acceptors (Lipinski definition) is 9. The number of carbonyl (C=O) groups excluding carboxylic acids is 2. The molecule has 0 heterocycles. The molecule has 0 aromatic rings. The first-order chi connectivity index (χ1) is 29.8. The predicted octanol–water partition coefficient (Wildman–Crippen LogP) is 12.6. The third kappa shape index (κ3) is 43.1. The Morgan fingerprint density at radius 2 is 0.803 bits per heavy atom. The molecule has 0 bridgehead atoms. The van der Waals surface area contributed by atoms with Gasteiger partial charge in [0.2, 0.25) is 0 Å². The molecule has 0 saturated carbocycles. The summed E-state index contributed by atoms with van der Waals surface area (Å²) in [6.45, 7) is 1.95. The van der Waals surface area contributed by atoms with Gasteiger partial charge in [-0.3, -0.25) is 18.6 Å². The van der Waals surface area contributed by atoms with Gasteiger partial charge in [-0.25, -0.2) is 4.57 Å².